The van der Waals surface area contributed by atoms with E-state index < -0.39 is 5.91 Å². The molecule has 142 valence electrons. The molecule has 1 aromatic carbocycles. The largest absolute Gasteiger partial charge is 0.318 e. The third kappa shape index (κ3) is 3.09. The van der Waals surface area contributed by atoms with E-state index in [1.807, 2.05) is 37.5 Å². The van der Waals surface area contributed by atoms with Crippen molar-refractivity contribution < 1.29 is 4.79 Å². The number of nitrogens with one attached hydrogen (secondary N) is 1. The highest BCUT2D eigenvalue weighted by atomic mass is 35.5. The maximum absolute atomic E-state index is 12.5. The van der Waals surface area contributed by atoms with Crippen molar-refractivity contribution in [3.63, 3.8) is 0 Å². The minimum absolute atomic E-state index is 0.0266. The van der Waals surface area contributed by atoms with Crippen molar-refractivity contribution in [3.05, 3.63) is 56.8 Å². The monoisotopic (exact) mass is 431 g/mol. The number of amidine groups is 2. The highest BCUT2D eigenvalue weighted by Gasteiger charge is 2.34. The topological polar surface area (TPSA) is 73.8 Å². The van der Waals surface area contributed by atoms with Gasteiger partial charge in [0, 0.05) is 17.1 Å². The van der Waals surface area contributed by atoms with Gasteiger partial charge in [-0.1, -0.05) is 23.2 Å². The van der Waals surface area contributed by atoms with Gasteiger partial charge in [-0.15, -0.1) is 0 Å². The number of hydrazone groups is 1. The van der Waals surface area contributed by atoms with Gasteiger partial charge in [0.25, 0.3) is 5.91 Å². The zero-order valence-corrected chi connectivity index (χ0v) is 17.6. The van der Waals surface area contributed by atoms with Gasteiger partial charge in [-0.05, 0) is 68.4 Å². The average Bonchev–Trinajstić information content (AvgIpc) is 3.13. The molecule has 0 unspecified atom stereocenters. The van der Waals surface area contributed by atoms with Crippen molar-refractivity contribution in [2.24, 2.45) is 10.1 Å². The van der Waals surface area contributed by atoms with Gasteiger partial charge < -0.3 is 4.57 Å². The summed E-state index contributed by atoms with van der Waals surface area (Å²) in [5.41, 5.74) is 3.78. The van der Waals surface area contributed by atoms with Gasteiger partial charge >= 0.3 is 0 Å². The normalized spacial score (nSPS) is 17.9. The maximum atomic E-state index is 12.5. The lowest BCUT2D eigenvalue weighted by molar-refractivity contribution is -0.114. The highest BCUT2D eigenvalue weighted by molar-refractivity contribution is 8.26. The van der Waals surface area contributed by atoms with Crippen LogP contribution in [-0.2, 0) is 4.79 Å². The Morgan fingerprint density at radius 2 is 1.89 bits per heavy atom. The van der Waals surface area contributed by atoms with E-state index >= 15 is 0 Å². The van der Waals surface area contributed by atoms with Crippen molar-refractivity contribution in [1.29, 1.82) is 5.41 Å². The van der Waals surface area contributed by atoms with Gasteiger partial charge in [0.1, 0.15) is 0 Å². The summed E-state index contributed by atoms with van der Waals surface area (Å²) in [4.78, 5) is 16.6. The van der Waals surface area contributed by atoms with Crippen LogP contribution < -0.4 is 0 Å². The van der Waals surface area contributed by atoms with E-state index in [4.69, 9.17) is 28.6 Å². The third-order valence-corrected chi connectivity index (χ3v) is 6.05. The Balaban J connectivity index is 1.78. The van der Waals surface area contributed by atoms with E-state index in [2.05, 4.69) is 10.1 Å². The third-order valence-electron chi connectivity index (χ3n) is 4.49. The molecular weight excluding hydrogens is 417 g/mol. The fraction of sp³-hybridized carbons (Fsp3) is 0.158. The zero-order chi connectivity index (χ0) is 20.2. The first-order valence-corrected chi connectivity index (χ1v) is 9.94. The predicted octanol–water partition coefficient (Wildman–Crippen LogP) is 5.04. The Kier molecular flexibility index (Phi) is 4.69. The van der Waals surface area contributed by atoms with Gasteiger partial charge in [-0.2, -0.15) is 15.1 Å². The van der Waals surface area contributed by atoms with Crippen molar-refractivity contribution >= 4 is 63.0 Å². The number of thioether (sulfide) groups is 1. The summed E-state index contributed by atoms with van der Waals surface area (Å²) >= 11 is 13.5. The summed E-state index contributed by atoms with van der Waals surface area (Å²) in [5, 5.41) is 16.2. The Labute approximate surface area is 176 Å². The summed E-state index contributed by atoms with van der Waals surface area (Å²) in [6, 6.07) is 7.38. The fourth-order valence-corrected chi connectivity index (χ4v) is 4.22. The fourth-order valence-electron chi connectivity index (χ4n) is 3.20. The molecule has 28 heavy (non-hydrogen) atoms. The molecule has 0 aliphatic carbocycles. The summed E-state index contributed by atoms with van der Waals surface area (Å²) < 4.78 is 2.02. The molecule has 1 N–H and O–H groups in total. The van der Waals surface area contributed by atoms with Crippen LogP contribution in [0.2, 0.25) is 10.0 Å². The summed E-state index contributed by atoms with van der Waals surface area (Å²) in [7, 11) is 0. The molecule has 3 heterocycles. The molecule has 0 fully saturated rings. The van der Waals surface area contributed by atoms with Crippen LogP contribution >= 0.6 is 35.0 Å². The van der Waals surface area contributed by atoms with Crippen LogP contribution in [0, 0.1) is 19.3 Å². The molecule has 2 aliphatic heterocycles. The van der Waals surface area contributed by atoms with Gasteiger partial charge in [-0.3, -0.25) is 10.2 Å². The maximum Gasteiger partial charge on any atom is 0.283 e. The molecule has 0 saturated carbocycles. The molecule has 0 saturated heterocycles. The van der Waals surface area contributed by atoms with Gasteiger partial charge in [0.15, 0.2) is 5.84 Å². The second-order valence-corrected chi connectivity index (χ2v) is 8.37. The van der Waals surface area contributed by atoms with Crippen LogP contribution in [-0.4, -0.2) is 31.5 Å². The number of carbonyl (C=O) groups excluding carboxylic acids is 1. The van der Waals surface area contributed by atoms with Gasteiger partial charge in [-0.25, -0.2) is 0 Å². The summed E-state index contributed by atoms with van der Waals surface area (Å²) in [6.45, 7) is 5.73. The van der Waals surface area contributed by atoms with Crippen LogP contribution in [0.5, 0.6) is 0 Å². The van der Waals surface area contributed by atoms with E-state index in [1.165, 1.54) is 16.8 Å². The molecule has 6 nitrogen and oxygen atoms in total. The number of aromatic nitrogens is 1. The molecular formula is C19H15Cl2N5OS. The SMILES string of the molecule is CC1=NN2C(=N)/C(=C\c3cc(C)n(-c4ccc(Cl)c(Cl)c4)c3C)C(=O)N=C2S1. The lowest BCUT2D eigenvalue weighted by Gasteiger charge is -2.20. The molecule has 2 aromatic rings. The molecule has 1 aromatic heterocycles. The zero-order valence-electron chi connectivity index (χ0n) is 15.2. The van der Waals surface area contributed by atoms with Crippen LogP contribution in [0.15, 0.2) is 39.9 Å². The first-order chi connectivity index (χ1) is 13.3. The highest BCUT2D eigenvalue weighted by Crippen LogP contribution is 2.31. The van der Waals surface area contributed by atoms with E-state index in [0.29, 0.717) is 15.2 Å². The Morgan fingerprint density at radius 3 is 2.61 bits per heavy atom. The number of benzene rings is 1. The Hall–Kier alpha value is -2.35. The molecule has 1 amide bonds. The van der Waals surface area contributed by atoms with Crippen molar-refractivity contribution in [2.75, 3.05) is 0 Å². The van der Waals surface area contributed by atoms with Crippen LogP contribution in [0.3, 0.4) is 0 Å². The molecule has 0 spiro atoms. The number of fused-ring (bicyclic) bond motifs is 1. The number of halogens is 2. The average molecular weight is 432 g/mol. The molecule has 9 heteroatoms. The summed E-state index contributed by atoms with van der Waals surface area (Å²) in [5.74, 6) is -0.410. The van der Waals surface area contributed by atoms with E-state index in [0.717, 1.165) is 27.7 Å². The lowest BCUT2D eigenvalue weighted by Crippen LogP contribution is -2.35. The first kappa shape index (κ1) is 19.0. The molecule has 4 rings (SSSR count). The molecule has 2 aliphatic rings. The number of aliphatic imine (C=N–C) groups is 1. The molecule has 0 atom stereocenters. The number of hydrogen-bond acceptors (Lipinski definition) is 4. The molecule has 0 radical (unpaired) electrons. The van der Waals surface area contributed by atoms with Crippen LogP contribution in [0.1, 0.15) is 23.9 Å². The van der Waals surface area contributed by atoms with Crippen LogP contribution in [0.25, 0.3) is 11.8 Å². The minimum atomic E-state index is -0.437. The summed E-state index contributed by atoms with van der Waals surface area (Å²) in [6.07, 6.45) is 1.69. The Bertz CT molecular complexity index is 1150. The second kappa shape index (κ2) is 6.92. The van der Waals surface area contributed by atoms with Gasteiger partial charge in [0.2, 0.25) is 5.17 Å². The van der Waals surface area contributed by atoms with E-state index in [-0.39, 0.29) is 11.4 Å². The number of amides is 1. The Morgan fingerprint density at radius 1 is 1.14 bits per heavy atom. The number of hydrogen-bond donors (Lipinski definition) is 1. The number of carbonyl (C=O) groups is 1. The minimum Gasteiger partial charge on any atom is -0.318 e. The van der Waals surface area contributed by atoms with Crippen molar-refractivity contribution in [1.82, 2.24) is 9.58 Å². The predicted molar refractivity (Wildman–Crippen MR) is 116 cm³/mol. The second-order valence-electron chi connectivity index (χ2n) is 6.40. The first-order valence-electron chi connectivity index (χ1n) is 8.37. The number of nitrogens with zero attached hydrogens (tertiary/aromatic N) is 4. The van der Waals surface area contributed by atoms with E-state index in [9.17, 15) is 4.79 Å². The molecule has 0 bridgehead atoms. The van der Waals surface area contributed by atoms with Crippen LogP contribution in [0.4, 0.5) is 0 Å². The quantitative estimate of drug-likeness (QED) is 0.676. The lowest BCUT2D eigenvalue weighted by atomic mass is 10.1. The number of rotatable bonds is 2. The number of aryl methyl sites for hydroxylation is 1. The van der Waals surface area contributed by atoms with E-state index in [1.54, 1.807) is 18.2 Å². The van der Waals surface area contributed by atoms with Gasteiger partial charge in [0.05, 0.1) is 20.7 Å². The standard InChI is InChI=1S/C19H15Cl2N5OS/c1-9-6-12(10(2)25(9)13-4-5-15(20)16(21)8-13)7-14-17(22)26-19(23-18(14)27)28-11(3)24-26/h4-8,22H,1-3H3/b14-7+,22-17?. The van der Waals surface area contributed by atoms with Crippen molar-refractivity contribution in [3.8, 4) is 5.69 Å². The van der Waals surface area contributed by atoms with Crippen molar-refractivity contribution in [2.45, 2.75) is 20.8 Å². The smallest absolute Gasteiger partial charge is 0.283 e.